The molecule has 150 valence electrons. The quantitative estimate of drug-likeness (QED) is 0.626. The molecule has 4 rings (SSSR count). The summed E-state index contributed by atoms with van der Waals surface area (Å²) in [5.41, 5.74) is -0.0705. The molecular weight excluding hydrogens is 383 g/mol. The summed E-state index contributed by atoms with van der Waals surface area (Å²) in [6.07, 6.45) is -3.14. The van der Waals surface area contributed by atoms with E-state index in [2.05, 4.69) is 0 Å². The molecule has 7 heteroatoms. The molecule has 1 atom stereocenters. The molecule has 0 saturated carbocycles. The normalized spacial score (nSPS) is 18.7. The molecule has 4 nitrogen and oxygen atoms in total. The fourth-order valence-corrected chi connectivity index (χ4v) is 3.73. The van der Waals surface area contributed by atoms with Crippen LogP contribution in [0.3, 0.4) is 0 Å². The summed E-state index contributed by atoms with van der Waals surface area (Å²) >= 11 is 0. The number of para-hydroxylation sites is 1. The first kappa shape index (κ1) is 19.3. The van der Waals surface area contributed by atoms with Crippen LogP contribution in [0.5, 0.6) is 0 Å². The Kier molecular flexibility index (Phi) is 4.70. The molecule has 2 heterocycles. The van der Waals surface area contributed by atoms with Gasteiger partial charge in [-0.3, -0.25) is 4.79 Å². The van der Waals surface area contributed by atoms with Crippen molar-refractivity contribution < 1.29 is 27.5 Å². The fourth-order valence-electron chi connectivity index (χ4n) is 3.73. The van der Waals surface area contributed by atoms with Crippen molar-refractivity contribution >= 4 is 11.5 Å². The summed E-state index contributed by atoms with van der Waals surface area (Å²) in [6.45, 7) is 0.465. The number of hydrogen-bond donors (Lipinski definition) is 1. The van der Waals surface area contributed by atoms with Crippen molar-refractivity contribution in [3.05, 3.63) is 89.4 Å². The standard InChI is InChI=1S/C22H18F3NO3/c23-22(24,25)16-9-7-15(8-10-16)13-26-14-21(28,17-4-1-2-5-18(17)26)12-19(27)20-6-3-11-29-20/h1-11,28H,12-14H2. The Morgan fingerprint density at radius 2 is 1.79 bits per heavy atom. The van der Waals surface area contributed by atoms with Gasteiger partial charge >= 0.3 is 6.18 Å². The maximum absolute atomic E-state index is 12.8. The van der Waals surface area contributed by atoms with Crippen LogP contribution in [0.15, 0.2) is 71.3 Å². The molecule has 3 aromatic rings. The lowest BCUT2D eigenvalue weighted by molar-refractivity contribution is -0.137. The molecule has 1 aliphatic heterocycles. The molecule has 0 bridgehead atoms. The van der Waals surface area contributed by atoms with E-state index in [4.69, 9.17) is 4.42 Å². The molecule has 29 heavy (non-hydrogen) atoms. The average Bonchev–Trinajstić information content (AvgIpc) is 3.30. The summed E-state index contributed by atoms with van der Waals surface area (Å²) in [7, 11) is 0. The zero-order chi connectivity index (χ0) is 20.6. The lowest BCUT2D eigenvalue weighted by atomic mass is 9.90. The number of anilines is 1. The molecule has 1 N–H and O–H groups in total. The van der Waals surface area contributed by atoms with Crippen LogP contribution >= 0.6 is 0 Å². The van der Waals surface area contributed by atoms with E-state index < -0.39 is 17.3 Å². The van der Waals surface area contributed by atoms with Gasteiger partial charge in [-0.1, -0.05) is 30.3 Å². The number of halogens is 3. The van der Waals surface area contributed by atoms with Crippen LogP contribution in [-0.4, -0.2) is 17.4 Å². The van der Waals surface area contributed by atoms with Crippen molar-refractivity contribution in [2.24, 2.45) is 0 Å². The molecule has 0 amide bonds. The van der Waals surface area contributed by atoms with Gasteiger partial charge in [-0.25, -0.2) is 0 Å². The number of rotatable bonds is 5. The number of ketones is 1. The van der Waals surface area contributed by atoms with Gasteiger partial charge in [0.25, 0.3) is 0 Å². The van der Waals surface area contributed by atoms with E-state index in [1.54, 1.807) is 24.3 Å². The highest BCUT2D eigenvalue weighted by Gasteiger charge is 2.43. The first-order chi connectivity index (χ1) is 13.8. The topological polar surface area (TPSA) is 53.7 Å². The van der Waals surface area contributed by atoms with Gasteiger partial charge < -0.3 is 14.4 Å². The Hall–Kier alpha value is -3.06. The summed E-state index contributed by atoms with van der Waals surface area (Å²) in [5, 5.41) is 11.3. The molecule has 1 aliphatic rings. The van der Waals surface area contributed by atoms with Crippen molar-refractivity contribution in [2.75, 3.05) is 11.4 Å². The van der Waals surface area contributed by atoms with Crippen LogP contribution in [0.2, 0.25) is 0 Å². The van der Waals surface area contributed by atoms with Crippen molar-refractivity contribution in [2.45, 2.75) is 24.7 Å². The predicted molar refractivity (Wildman–Crippen MR) is 100 cm³/mol. The Morgan fingerprint density at radius 1 is 1.07 bits per heavy atom. The van der Waals surface area contributed by atoms with Crippen LogP contribution in [0.25, 0.3) is 0 Å². The summed E-state index contributed by atoms with van der Waals surface area (Å²) in [5.74, 6) is -0.138. The minimum absolute atomic E-state index is 0.152. The number of carbonyl (C=O) groups is 1. The highest BCUT2D eigenvalue weighted by molar-refractivity contribution is 5.94. The van der Waals surface area contributed by atoms with Gasteiger partial charge in [0.05, 0.1) is 18.4 Å². The Bertz CT molecular complexity index is 1010. The highest BCUT2D eigenvalue weighted by Crippen LogP contribution is 2.42. The lowest BCUT2D eigenvalue weighted by Gasteiger charge is -2.24. The number of aliphatic hydroxyl groups is 1. The third-order valence-electron chi connectivity index (χ3n) is 5.10. The third-order valence-corrected chi connectivity index (χ3v) is 5.10. The SMILES string of the molecule is O=C(CC1(O)CN(Cc2ccc(C(F)(F)F)cc2)c2ccccc21)c1ccco1. The molecule has 2 aromatic carbocycles. The van der Waals surface area contributed by atoms with Gasteiger partial charge in [0.1, 0.15) is 5.60 Å². The van der Waals surface area contributed by atoms with Gasteiger partial charge in [0.15, 0.2) is 5.76 Å². The second-order valence-corrected chi connectivity index (χ2v) is 7.18. The van der Waals surface area contributed by atoms with Gasteiger partial charge in [0, 0.05) is 24.2 Å². The van der Waals surface area contributed by atoms with E-state index in [0.29, 0.717) is 17.7 Å². The average molecular weight is 401 g/mol. The number of nitrogens with zero attached hydrogens (tertiary/aromatic N) is 1. The van der Waals surface area contributed by atoms with E-state index in [9.17, 15) is 23.1 Å². The van der Waals surface area contributed by atoms with E-state index >= 15 is 0 Å². The Labute approximate surface area is 165 Å². The third kappa shape index (κ3) is 3.78. The zero-order valence-corrected chi connectivity index (χ0v) is 15.3. The number of furan rings is 1. The molecule has 0 radical (unpaired) electrons. The maximum atomic E-state index is 12.8. The fraction of sp³-hybridized carbons (Fsp3) is 0.227. The maximum Gasteiger partial charge on any atom is 0.416 e. The van der Waals surface area contributed by atoms with Gasteiger partial charge in [0.2, 0.25) is 5.78 Å². The van der Waals surface area contributed by atoms with Crippen LogP contribution in [-0.2, 0) is 18.3 Å². The monoisotopic (exact) mass is 401 g/mol. The van der Waals surface area contributed by atoms with Crippen LogP contribution in [0.4, 0.5) is 18.9 Å². The molecular formula is C22H18F3NO3. The number of alkyl halides is 3. The van der Waals surface area contributed by atoms with Gasteiger partial charge in [-0.15, -0.1) is 0 Å². The molecule has 1 unspecified atom stereocenters. The van der Waals surface area contributed by atoms with Crippen LogP contribution in [0.1, 0.15) is 33.7 Å². The summed E-state index contributed by atoms with van der Waals surface area (Å²) < 4.78 is 43.5. The number of Topliss-reactive ketones (excluding diaryl/α,β-unsaturated/α-hetero) is 1. The minimum Gasteiger partial charge on any atom is -0.461 e. The number of hydrogen-bond acceptors (Lipinski definition) is 4. The molecule has 0 spiro atoms. The first-order valence-corrected chi connectivity index (χ1v) is 9.06. The molecule has 1 aromatic heterocycles. The van der Waals surface area contributed by atoms with Crippen LogP contribution < -0.4 is 4.90 Å². The smallest absolute Gasteiger partial charge is 0.416 e. The van der Waals surface area contributed by atoms with Gasteiger partial charge in [-0.2, -0.15) is 13.2 Å². The number of β-amino-alcohol motifs (C(OH)–C–C–N with tert-alkyl or cyclic N) is 1. The summed E-state index contributed by atoms with van der Waals surface area (Å²) in [6, 6.07) is 15.3. The van der Waals surface area contributed by atoms with Crippen molar-refractivity contribution in [1.82, 2.24) is 0 Å². The zero-order valence-electron chi connectivity index (χ0n) is 15.3. The second-order valence-electron chi connectivity index (χ2n) is 7.18. The van der Waals surface area contributed by atoms with Crippen molar-refractivity contribution in [3.63, 3.8) is 0 Å². The Morgan fingerprint density at radius 3 is 2.45 bits per heavy atom. The predicted octanol–water partition coefficient (Wildman–Crippen LogP) is 4.78. The van der Waals surface area contributed by atoms with E-state index in [0.717, 1.165) is 17.8 Å². The highest BCUT2D eigenvalue weighted by atomic mass is 19.4. The molecule has 0 aliphatic carbocycles. The number of carbonyl (C=O) groups excluding carboxylic acids is 1. The van der Waals surface area contributed by atoms with E-state index in [1.807, 2.05) is 17.0 Å². The molecule has 0 fully saturated rings. The summed E-state index contributed by atoms with van der Waals surface area (Å²) in [4.78, 5) is 14.4. The largest absolute Gasteiger partial charge is 0.461 e. The lowest BCUT2D eigenvalue weighted by Crippen LogP contribution is -2.35. The first-order valence-electron chi connectivity index (χ1n) is 9.06. The minimum atomic E-state index is -4.38. The molecule has 0 saturated heterocycles. The number of fused-ring (bicyclic) bond motifs is 1. The van der Waals surface area contributed by atoms with E-state index in [-0.39, 0.29) is 24.5 Å². The van der Waals surface area contributed by atoms with Crippen molar-refractivity contribution in [3.8, 4) is 0 Å². The van der Waals surface area contributed by atoms with Crippen LogP contribution in [0, 0.1) is 0 Å². The number of benzene rings is 2. The second kappa shape index (κ2) is 7.08. The van der Waals surface area contributed by atoms with Gasteiger partial charge in [-0.05, 0) is 35.9 Å². The van der Waals surface area contributed by atoms with E-state index in [1.165, 1.54) is 18.4 Å². The Balaban J connectivity index is 1.57. The van der Waals surface area contributed by atoms with Crippen molar-refractivity contribution in [1.29, 1.82) is 0 Å².